The molecule has 0 radical (unpaired) electrons. The number of ether oxygens (including phenoxy) is 1. The van der Waals surface area contributed by atoms with E-state index in [2.05, 4.69) is 49.8 Å². The van der Waals surface area contributed by atoms with Crippen molar-refractivity contribution in [1.82, 2.24) is 5.32 Å². The minimum Gasteiger partial charge on any atom is -0.492 e. The smallest absolute Gasteiger partial charge is 0.189 e. The largest absolute Gasteiger partial charge is 0.492 e. The van der Waals surface area contributed by atoms with Crippen LogP contribution in [-0.2, 0) is 5.41 Å². The van der Waals surface area contributed by atoms with E-state index < -0.39 is 0 Å². The van der Waals surface area contributed by atoms with Crippen molar-refractivity contribution in [3.63, 3.8) is 0 Å². The molecule has 0 saturated carbocycles. The molecule has 0 saturated heterocycles. The monoisotopic (exact) mass is 417 g/mol. The fourth-order valence-corrected chi connectivity index (χ4v) is 1.68. The Morgan fingerprint density at radius 2 is 2.05 bits per heavy atom. The van der Waals surface area contributed by atoms with Crippen molar-refractivity contribution in [1.29, 1.82) is 0 Å². The fraction of sp³-hybridized carbons (Fsp3) is 0.471. The Kier molecular flexibility index (Phi) is 9.16. The van der Waals surface area contributed by atoms with Crippen molar-refractivity contribution < 1.29 is 4.74 Å². The van der Waals surface area contributed by atoms with Crippen LogP contribution in [0.2, 0.25) is 0 Å². The van der Waals surface area contributed by atoms with Gasteiger partial charge >= 0.3 is 0 Å². The van der Waals surface area contributed by atoms with Crippen molar-refractivity contribution in [3.05, 3.63) is 42.0 Å². The summed E-state index contributed by atoms with van der Waals surface area (Å²) in [5.74, 6) is 1.30. The lowest BCUT2D eigenvalue weighted by molar-refractivity contribution is 0.321. The molecule has 1 aromatic carbocycles. The molecule has 1 rings (SSSR count). The maximum Gasteiger partial charge on any atom is 0.189 e. The van der Waals surface area contributed by atoms with Gasteiger partial charge < -0.3 is 15.8 Å². The summed E-state index contributed by atoms with van der Waals surface area (Å²) in [5, 5.41) is 3.01. The highest BCUT2D eigenvalue weighted by Crippen LogP contribution is 2.25. The Balaban J connectivity index is 0.00000441. The molecule has 1 aromatic rings. The Bertz CT molecular complexity index is 507. The van der Waals surface area contributed by atoms with Crippen molar-refractivity contribution in [3.8, 4) is 5.75 Å². The number of halogens is 1. The van der Waals surface area contributed by atoms with Crippen LogP contribution >= 0.6 is 24.0 Å². The predicted octanol–water partition coefficient (Wildman–Crippen LogP) is 3.46. The molecule has 5 heteroatoms. The zero-order valence-corrected chi connectivity index (χ0v) is 16.3. The summed E-state index contributed by atoms with van der Waals surface area (Å²) in [6, 6.07) is 8.19. The third kappa shape index (κ3) is 8.26. The van der Waals surface area contributed by atoms with Gasteiger partial charge in [-0.25, -0.2) is 4.99 Å². The summed E-state index contributed by atoms with van der Waals surface area (Å²) in [6.07, 6.45) is 0. The van der Waals surface area contributed by atoms with Crippen LogP contribution < -0.4 is 15.8 Å². The highest BCUT2D eigenvalue weighted by molar-refractivity contribution is 14.0. The van der Waals surface area contributed by atoms with Gasteiger partial charge in [0.1, 0.15) is 12.4 Å². The van der Waals surface area contributed by atoms with Gasteiger partial charge in [-0.2, -0.15) is 0 Å². The molecule has 0 amide bonds. The second kappa shape index (κ2) is 9.71. The van der Waals surface area contributed by atoms with Crippen LogP contribution in [0, 0.1) is 0 Å². The number of nitrogens with two attached hydrogens (primary N) is 1. The van der Waals surface area contributed by atoms with Crippen LogP contribution in [-0.4, -0.2) is 25.7 Å². The summed E-state index contributed by atoms with van der Waals surface area (Å²) in [6.45, 7) is 14.0. The quantitative estimate of drug-likeness (QED) is 0.245. The van der Waals surface area contributed by atoms with Crippen molar-refractivity contribution in [2.75, 3.05) is 19.7 Å². The Morgan fingerprint density at radius 1 is 1.36 bits per heavy atom. The molecule has 0 aromatic heterocycles. The maximum atomic E-state index is 5.73. The summed E-state index contributed by atoms with van der Waals surface area (Å²) in [7, 11) is 0. The molecule has 0 aliphatic heterocycles. The van der Waals surface area contributed by atoms with Gasteiger partial charge in [0.15, 0.2) is 5.96 Å². The van der Waals surface area contributed by atoms with Gasteiger partial charge in [-0.15, -0.1) is 24.0 Å². The lowest BCUT2D eigenvalue weighted by Crippen LogP contribution is -2.34. The normalized spacial score (nSPS) is 11.5. The number of hydrogen-bond acceptors (Lipinski definition) is 2. The first kappa shape index (κ1) is 20.8. The van der Waals surface area contributed by atoms with E-state index in [1.807, 2.05) is 19.1 Å². The standard InChI is InChI=1S/C17H27N3O.HI/c1-13(2)12-20-16(18)19-9-10-21-15-8-6-7-14(11-15)17(3,4)5;/h6-8,11H,1,9-10,12H2,2-5H3,(H3,18,19,20);1H. The molecule has 124 valence electrons. The molecule has 0 spiro atoms. The first-order chi connectivity index (χ1) is 9.79. The van der Waals surface area contributed by atoms with Gasteiger partial charge in [0.05, 0.1) is 13.1 Å². The minimum atomic E-state index is 0. The number of aliphatic imine (C=N–C) groups is 1. The van der Waals surface area contributed by atoms with Crippen LogP contribution in [0.15, 0.2) is 41.4 Å². The van der Waals surface area contributed by atoms with E-state index in [4.69, 9.17) is 10.5 Å². The van der Waals surface area contributed by atoms with Crippen LogP contribution in [0.3, 0.4) is 0 Å². The number of rotatable bonds is 6. The van der Waals surface area contributed by atoms with Gasteiger partial charge in [-0.1, -0.05) is 45.1 Å². The van der Waals surface area contributed by atoms with Gasteiger partial charge in [0.2, 0.25) is 0 Å². The van der Waals surface area contributed by atoms with Gasteiger partial charge in [0.25, 0.3) is 0 Å². The third-order valence-electron chi connectivity index (χ3n) is 2.90. The number of hydrogen-bond donors (Lipinski definition) is 2. The van der Waals surface area contributed by atoms with Crippen molar-refractivity contribution in [2.24, 2.45) is 10.7 Å². The molecule has 22 heavy (non-hydrogen) atoms. The van der Waals surface area contributed by atoms with E-state index in [0.717, 1.165) is 11.3 Å². The van der Waals surface area contributed by atoms with E-state index in [0.29, 0.717) is 25.7 Å². The van der Waals surface area contributed by atoms with Crippen LogP contribution in [0.5, 0.6) is 5.75 Å². The SMILES string of the molecule is C=C(C)CN=C(N)NCCOc1cccc(C(C)(C)C)c1.I. The highest BCUT2D eigenvalue weighted by Gasteiger charge is 2.13. The Labute approximate surface area is 151 Å². The number of nitrogens with zero attached hydrogens (tertiary/aromatic N) is 1. The lowest BCUT2D eigenvalue weighted by Gasteiger charge is -2.19. The third-order valence-corrected chi connectivity index (χ3v) is 2.90. The van der Waals surface area contributed by atoms with Gasteiger partial charge in [-0.05, 0) is 30.0 Å². The summed E-state index contributed by atoms with van der Waals surface area (Å²) < 4.78 is 5.73. The van der Waals surface area contributed by atoms with Crippen LogP contribution in [0.1, 0.15) is 33.3 Å². The molecule has 0 fully saturated rings. The van der Waals surface area contributed by atoms with E-state index in [-0.39, 0.29) is 29.4 Å². The van der Waals surface area contributed by atoms with Crippen molar-refractivity contribution >= 4 is 29.9 Å². The summed E-state index contributed by atoms with van der Waals surface area (Å²) in [5.41, 5.74) is 8.09. The number of guanidine groups is 1. The van der Waals surface area contributed by atoms with E-state index >= 15 is 0 Å². The molecule has 0 aliphatic rings. The predicted molar refractivity (Wildman–Crippen MR) is 105 cm³/mol. The molecule has 0 atom stereocenters. The first-order valence-electron chi connectivity index (χ1n) is 7.20. The molecule has 0 heterocycles. The first-order valence-corrected chi connectivity index (χ1v) is 7.20. The number of benzene rings is 1. The second-order valence-electron chi connectivity index (χ2n) is 6.21. The van der Waals surface area contributed by atoms with Crippen molar-refractivity contribution in [2.45, 2.75) is 33.1 Å². The fourth-order valence-electron chi connectivity index (χ4n) is 1.68. The molecule has 3 N–H and O–H groups in total. The molecular weight excluding hydrogens is 389 g/mol. The van der Waals surface area contributed by atoms with Gasteiger partial charge in [0, 0.05) is 0 Å². The zero-order valence-electron chi connectivity index (χ0n) is 14.0. The minimum absolute atomic E-state index is 0. The van der Waals surface area contributed by atoms with E-state index in [1.165, 1.54) is 5.56 Å². The molecule has 0 aliphatic carbocycles. The topological polar surface area (TPSA) is 59.6 Å². The molecule has 4 nitrogen and oxygen atoms in total. The average Bonchev–Trinajstić information content (AvgIpc) is 2.41. The second-order valence-corrected chi connectivity index (χ2v) is 6.21. The molecule has 0 unspecified atom stereocenters. The average molecular weight is 417 g/mol. The summed E-state index contributed by atoms with van der Waals surface area (Å²) >= 11 is 0. The van der Waals surface area contributed by atoms with Crippen LogP contribution in [0.25, 0.3) is 0 Å². The number of nitrogens with one attached hydrogen (secondary N) is 1. The zero-order chi connectivity index (χ0) is 15.9. The van der Waals surface area contributed by atoms with E-state index in [1.54, 1.807) is 0 Å². The Morgan fingerprint density at radius 3 is 2.64 bits per heavy atom. The lowest BCUT2D eigenvalue weighted by atomic mass is 9.87. The van der Waals surface area contributed by atoms with Crippen LogP contribution in [0.4, 0.5) is 0 Å². The molecule has 0 bridgehead atoms. The Hall–Kier alpha value is -1.24. The molecular formula is C17H28IN3O. The maximum absolute atomic E-state index is 5.73. The highest BCUT2D eigenvalue weighted by atomic mass is 127. The van der Waals surface area contributed by atoms with E-state index in [9.17, 15) is 0 Å². The summed E-state index contributed by atoms with van der Waals surface area (Å²) in [4.78, 5) is 4.14. The van der Waals surface area contributed by atoms with Gasteiger partial charge in [-0.3, -0.25) is 0 Å².